The lowest BCUT2D eigenvalue weighted by Gasteiger charge is -2.08. The molecular formula is C16H17NO3. The summed E-state index contributed by atoms with van der Waals surface area (Å²) in [7, 11) is 1.64. The van der Waals surface area contributed by atoms with Crippen LogP contribution in [-0.4, -0.2) is 18.2 Å². The molecule has 0 aromatic heterocycles. The van der Waals surface area contributed by atoms with E-state index in [4.69, 9.17) is 9.84 Å². The number of hydrogen-bond acceptors (Lipinski definition) is 3. The molecule has 0 saturated carbocycles. The maximum Gasteiger partial charge on any atom is 0.336 e. The van der Waals surface area contributed by atoms with Crippen molar-refractivity contribution < 1.29 is 14.6 Å². The molecule has 2 aromatic carbocycles. The van der Waals surface area contributed by atoms with Gasteiger partial charge in [0.15, 0.2) is 0 Å². The van der Waals surface area contributed by atoms with Crippen LogP contribution in [0.25, 0.3) is 0 Å². The van der Waals surface area contributed by atoms with E-state index < -0.39 is 5.97 Å². The summed E-state index contributed by atoms with van der Waals surface area (Å²) < 4.78 is 5.10. The normalized spacial score (nSPS) is 10.2. The van der Waals surface area contributed by atoms with E-state index in [0.29, 0.717) is 18.7 Å². The van der Waals surface area contributed by atoms with Gasteiger partial charge in [0.1, 0.15) is 5.75 Å². The quantitative estimate of drug-likeness (QED) is 0.848. The minimum Gasteiger partial charge on any atom is -0.497 e. The number of methoxy groups -OCH3 is 1. The zero-order valence-electron chi connectivity index (χ0n) is 11.3. The molecule has 0 aliphatic carbocycles. The Labute approximate surface area is 118 Å². The lowest BCUT2D eigenvalue weighted by molar-refractivity contribution is 0.0695. The standard InChI is InChI=1S/C16H17NO3/c1-20-14-8-6-12(7-9-14)10-17-11-13-4-2-3-5-15(13)16(18)19/h2-9,17H,10-11H2,1H3,(H,18,19). The number of rotatable bonds is 6. The first kappa shape index (κ1) is 14.1. The molecule has 0 radical (unpaired) electrons. The lowest BCUT2D eigenvalue weighted by Crippen LogP contribution is -2.15. The van der Waals surface area contributed by atoms with Crippen molar-refractivity contribution in [2.75, 3.05) is 7.11 Å². The van der Waals surface area contributed by atoms with Crippen LogP contribution in [0.4, 0.5) is 0 Å². The van der Waals surface area contributed by atoms with Crippen molar-refractivity contribution in [2.24, 2.45) is 0 Å². The second-order valence-electron chi connectivity index (χ2n) is 4.41. The number of benzene rings is 2. The van der Waals surface area contributed by atoms with Crippen molar-refractivity contribution in [3.8, 4) is 5.75 Å². The molecule has 4 nitrogen and oxygen atoms in total. The summed E-state index contributed by atoms with van der Waals surface area (Å²) in [5, 5.41) is 12.3. The predicted octanol–water partition coefficient (Wildman–Crippen LogP) is 2.68. The topological polar surface area (TPSA) is 58.6 Å². The molecule has 0 spiro atoms. The highest BCUT2D eigenvalue weighted by Crippen LogP contribution is 2.12. The predicted molar refractivity (Wildman–Crippen MR) is 76.9 cm³/mol. The molecular weight excluding hydrogens is 254 g/mol. The molecule has 0 saturated heterocycles. The summed E-state index contributed by atoms with van der Waals surface area (Å²) in [6.45, 7) is 1.20. The van der Waals surface area contributed by atoms with Crippen molar-refractivity contribution in [3.63, 3.8) is 0 Å². The van der Waals surface area contributed by atoms with Crippen molar-refractivity contribution >= 4 is 5.97 Å². The SMILES string of the molecule is COc1ccc(CNCc2ccccc2C(=O)O)cc1. The van der Waals surface area contributed by atoms with Crippen LogP contribution in [0.5, 0.6) is 5.75 Å². The van der Waals surface area contributed by atoms with Crippen LogP contribution in [0.1, 0.15) is 21.5 Å². The number of carboxylic acids is 1. The molecule has 104 valence electrons. The monoisotopic (exact) mass is 271 g/mol. The number of hydrogen-bond donors (Lipinski definition) is 2. The summed E-state index contributed by atoms with van der Waals surface area (Å²) in [6, 6.07) is 14.8. The molecule has 0 fully saturated rings. The van der Waals surface area contributed by atoms with E-state index in [1.807, 2.05) is 36.4 Å². The first-order chi connectivity index (χ1) is 9.70. The second-order valence-corrected chi connectivity index (χ2v) is 4.41. The van der Waals surface area contributed by atoms with Crippen molar-refractivity contribution in [2.45, 2.75) is 13.1 Å². The number of ether oxygens (including phenoxy) is 1. The fourth-order valence-corrected chi connectivity index (χ4v) is 1.97. The van der Waals surface area contributed by atoms with E-state index in [0.717, 1.165) is 16.9 Å². The Bertz CT molecular complexity index is 579. The van der Waals surface area contributed by atoms with Gasteiger partial charge in [0.2, 0.25) is 0 Å². The van der Waals surface area contributed by atoms with Crippen molar-refractivity contribution in [1.29, 1.82) is 0 Å². The second kappa shape index (κ2) is 6.73. The molecule has 0 aliphatic rings. The third-order valence-corrected chi connectivity index (χ3v) is 3.05. The Hall–Kier alpha value is -2.33. The molecule has 0 aliphatic heterocycles. The van der Waals surface area contributed by atoms with Gasteiger partial charge in [-0.15, -0.1) is 0 Å². The Morgan fingerprint density at radius 1 is 1.10 bits per heavy atom. The minimum atomic E-state index is -0.896. The van der Waals surface area contributed by atoms with E-state index in [1.165, 1.54) is 0 Å². The summed E-state index contributed by atoms with van der Waals surface area (Å²) in [5.74, 6) is -0.0724. The summed E-state index contributed by atoms with van der Waals surface area (Å²) in [6.07, 6.45) is 0. The molecule has 2 N–H and O–H groups in total. The average Bonchev–Trinajstić information content (AvgIpc) is 2.48. The molecule has 4 heteroatoms. The van der Waals surface area contributed by atoms with Gasteiger partial charge in [-0.1, -0.05) is 30.3 Å². The molecule has 0 unspecified atom stereocenters. The summed E-state index contributed by atoms with van der Waals surface area (Å²) >= 11 is 0. The first-order valence-electron chi connectivity index (χ1n) is 6.35. The van der Waals surface area contributed by atoms with Gasteiger partial charge in [-0.25, -0.2) is 4.79 Å². The van der Waals surface area contributed by atoms with Crippen LogP contribution < -0.4 is 10.1 Å². The fourth-order valence-electron chi connectivity index (χ4n) is 1.97. The Morgan fingerprint density at radius 2 is 1.80 bits per heavy atom. The lowest BCUT2D eigenvalue weighted by atomic mass is 10.1. The first-order valence-corrected chi connectivity index (χ1v) is 6.35. The number of carbonyl (C=O) groups is 1. The molecule has 2 aromatic rings. The third-order valence-electron chi connectivity index (χ3n) is 3.05. The Balaban J connectivity index is 1.94. The summed E-state index contributed by atoms with van der Waals surface area (Å²) in [5.41, 5.74) is 2.25. The average molecular weight is 271 g/mol. The van der Waals surface area contributed by atoms with E-state index in [-0.39, 0.29) is 0 Å². The van der Waals surface area contributed by atoms with Gasteiger partial charge in [-0.05, 0) is 29.3 Å². The van der Waals surface area contributed by atoms with E-state index >= 15 is 0 Å². The van der Waals surface area contributed by atoms with Crippen LogP contribution in [0.2, 0.25) is 0 Å². The minimum absolute atomic E-state index is 0.342. The highest BCUT2D eigenvalue weighted by Gasteiger charge is 2.07. The van der Waals surface area contributed by atoms with E-state index in [1.54, 1.807) is 19.2 Å². The van der Waals surface area contributed by atoms with E-state index in [2.05, 4.69) is 5.32 Å². The van der Waals surface area contributed by atoms with Gasteiger partial charge < -0.3 is 15.2 Å². The van der Waals surface area contributed by atoms with Crippen molar-refractivity contribution in [1.82, 2.24) is 5.32 Å². The van der Waals surface area contributed by atoms with E-state index in [9.17, 15) is 4.79 Å². The molecule has 0 bridgehead atoms. The van der Waals surface area contributed by atoms with Crippen LogP contribution in [-0.2, 0) is 13.1 Å². The van der Waals surface area contributed by atoms with Gasteiger partial charge in [0, 0.05) is 13.1 Å². The molecule has 2 rings (SSSR count). The van der Waals surface area contributed by atoms with Crippen molar-refractivity contribution in [3.05, 3.63) is 65.2 Å². The number of nitrogens with one attached hydrogen (secondary N) is 1. The highest BCUT2D eigenvalue weighted by molar-refractivity contribution is 5.89. The highest BCUT2D eigenvalue weighted by atomic mass is 16.5. The number of carboxylic acid groups (broad SMARTS) is 1. The van der Waals surface area contributed by atoms with Gasteiger partial charge in [-0.3, -0.25) is 0 Å². The summed E-state index contributed by atoms with van der Waals surface area (Å²) in [4.78, 5) is 11.1. The largest absolute Gasteiger partial charge is 0.497 e. The molecule has 0 atom stereocenters. The maximum atomic E-state index is 11.1. The van der Waals surface area contributed by atoms with Crippen LogP contribution in [0, 0.1) is 0 Å². The third kappa shape index (κ3) is 3.59. The zero-order chi connectivity index (χ0) is 14.4. The molecule has 0 heterocycles. The van der Waals surface area contributed by atoms with Gasteiger partial charge in [0.25, 0.3) is 0 Å². The van der Waals surface area contributed by atoms with Crippen LogP contribution >= 0.6 is 0 Å². The van der Waals surface area contributed by atoms with Gasteiger partial charge in [-0.2, -0.15) is 0 Å². The fraction of sp³-hybridized carbons (Fsp3) is 0.188. The van der Waals surface area contributed by atoms with Crippen LogP contribution in [0.3, 0.4) is 0 Å². The molecule has 0 amide bonds. The van der Waals surface area contributed by atoms with Gasteiger partial charge in [0.05, 0.1) is 12.7 Å². The Kier molecular flexibility index (Phi) is 4.74. The zero-order valence-corrected chi connectivity index (χ0v) is 11.3. The Morgan fingerprint density at radius 3 is 2.45 bits per heavy atom. The maximum absolute atomic E-state index is 11.1. The number of aromatic carboxylic acids is 1. The smallest absolute Gasteiger partial charge is 0.336 e. The van der Waals surface area contributed by atoms with Gasteiger partial charge >= 0.3 is 5.97 Å². The molecule has 20 heavy (non-hydrogen) atoms. The van der Waals surface area contributed by atoms with Crippen LogP contribution in [0.15, 0.2) is 48.5 Å².